The van der Waals surface area contributed by atoms with Crippen molar-refractivity contribution in [3.63, 3.8) is 0 Å². The minimum Gasteiger partial charge on any atom is -0.493 e. The number of quaternary nitrogens is 1. The van der Waals surface area contributed by atoms with Crippen LogP contribution in [0.25, 0.3) is 0 Å². The van der Waals surface area contributed by atoms with E-state index in [1.807, 2.05) is 12.1 Å². The molecule has 1 fully saturated rings. The SMILES string of the molecule is COc1cc(C(=S)N2CC[NH+](C)CC2)ccc1OCC(N)=O. The zero-order valence-corrected chi connectivity index (χ0v) is 13.7. The summed E-state index contributed by atoms with van der Waals surface area (Å²) in [5.74, 6) is 0.498. The lowest BCUT2D eigenvalue weighted by Crippen LogP contribution is -3.12. The number of nitrogens with one attached hydrogen (secondary N) is 1. The molecule has 1 aromatic carbocycles. The molecule has 0 saturated carbocycles. The summed E-state index contributed by atoms with van der Waals surface area (Å²) in [7, 11) is 3.74. The summed E-state index contributed by atoms with van der Waals surface area (Å²) in [6.45, 7) is 3.88. The van der Waals surface area contributed by atoms with Gasteiger partial charge < -0.3 is 25.0 Å². The van der Waals surface area contributed by atoms with Crippen molar-refractivity contribution in [2.24, 2.45) is 5.73 Å². The molecule has 0 bridgehead atoms. The molecule has 2 rings (SSSR count). The molecule has 120 valence electrons. The van der Waals surface area contributed by atoms with Gasteiger partial charge in [-0.1, -0.05) is 12.2 Å². The molecule has 6 nitrogen and oxygen atoms in total. The Hall–Kier alpha value is -1.86. The Kier molecular flexibility index (Phi) is 5.57. The number of piperazine rings is 1. The fraction of sp³-hybridized carbons (Fsp3) is 0.467. The van der Waals surface area contributed by atoms with Gasteiger partial charge >= 0.3 is 0 Å². The molecule has 1 aliphatic rings. The van der Waals surface area contributed by atoms with E-state index in [1.165, 1.54) is 4.90 Å². The second-order valence-electron chi connectivity index (χ2n) is 5.37. The van der Waals surface area contributed by atoms with Crippen molar-refractivity contribution in [2.45, 2.75) is 0 Å². The summed E-state index contributed by atoms with van der Waals surface area (Å²) in [6, 6.07) is 5.47. The maximum atomic E-state index is 10.8. The van der Waals surface area contributed by atoms with E-state index in [0.717, 1.165) is 36.7 Å². The third-order valence-electron chi connectivity index (χ3n) is 3.68. The number of nitrogens with zero attached hydrogens (tertiary/aromatic N) is 1. The normalized spacial score (nSPS) is 15.5. The van der Waals surface area contributed by atoms with Gasteiger partial charge in [0.25, 0.3) is 5.91 Å². The fourth-order valence-electron chi connectivity index (χ4n) is 2.34. The molecule has 0 unspecified atom stereocenters. The van der Waals surface area contributed by atoms with E-state index in [1.54, 1.807) is 13.2 Å². The van der Waals surface area contributed by atoms with E-state index in [9.17, 15) is 4.79 Å². The Bertz CT molecular complexity index is 557. The fourth-order valence-corrected chi connectivity index (χ4v) is 2.65. The first-order valence-corrected chi connectivity index (χ1v) is 7.62. The van der Waals surface area contributed by atoms with Gasteiger partial charge in [-0.05, 0) is 18.2 Å². The van der Waals surface area contributed by atoms with Crippen molar-refractivity contribution < 1.29 is 19.2 Å². The van der Waals surface area contributed by atoms with Crippen LogP contribution >= 0.6 is 12.2 Å². The van der Waals surface area contributed by atoms with E-state index in [-0.39, 0.29) is 6.61 Å². The maximum Gasteiger partial charge on any atom is 0.255 e. The second kappa shape index (κ2) is 7.42. The number of nitrogens with two attached hydrogens (primary N) is 1. The lowest BCUT2D eigenvalue weighted by Gasteiger charge is -2.32. The number of thiocarbonyl (C=S) groups is 1. The molecule has 1 aliphatic heterocycles. The van der Waals surface area contributed by atoms with Gasteiger partial charge in [-0.15, -0.1) is 0 Å². The smallest absolute Gasteiger partial charge is 0.255 e. The highest BCUT2D eigenvalue weighted by atomic mass is 32.1. The zero-order chi connectivity index (χ0) is 16.1. The number of methoxy groups -OCH3 is 1. The maximum absolute atomic E-state index is 10.8. The van der Waals surface area contributed by atoms with Gasteiger partial charge in [-0.3, -0.25) is 4.79 Å². The number of benzene rings is 1. The molecule has 0 aromatic heterocycles. The average molecular weight is 324 g/mol. The first-order chi connectivity index (χ1) is 10.5. The van der Waals surface area contributed by atoms with E-state index >= 15 is 0 Å². The van der Waals surface area contributed by atoms with Crippen molar-refractivity contribution >= 4 is 23.1 Å². The summed E-state index contributed by atoms with van der Waals surface area (Å²) >= 11 is 5.58. The number of amides is 1. The lowest BCUT2D eigenvalue weighted by molar-refractivity contribution is -0.883. The number of carbonyl (C=O) groups excluding carboxylic acids is 1. The van der Waals surface area contributed by atoms with Crippen LogP contribution in [0.4, 0.5) is 0 Å². The molecule has 1 saturated heterocycles. The number of ether oxygens (including phenoxy) is 2. The average Bonchev–Trinajstić information content (AvgIpc) is 2.52. The number of rotatable bonds is 5. The molecule has 0 spiro atoms. The third-order valence-corrected chi connectivity index (χ3v) is 4.18. The van der Waals surface area contributed by atoms with Crippen LogP contribution in [0.5, 0.6) is 11.5 Å². The molecule has 1 heterocycles. The van der Waals surface area contributed by atoms with Crippen LogP contribution in [0.15, 0.2) is 18.2 Å². The molecule has 0 radical (unpaired) electrons. The Morgan fingerprint density at radius 1 is 1.36 bits per heavy atom. The van der Waals surface area contributed by atoms with Crippen LogP contribution < -0.4 is 20.1 Å². The van der Waals surface area contributed by atoms with Gasteiger partial charge in [0.05, 0.1) is 40.3 Å². The van der Waals surface area contributed by atoms with Crippen LogP contribution in [0.2, 0.25) is 0 Å². The van der Waals surface area contributed by atoms with Crippen molar-refractivity contribution in [3.05, 3.63) is 23.8 Å². The lowest BCUT2D eigenvalue weighted by atomic mass is 10.1. The molecule has 3 N–H and O–H groups in total. The number of likely N-dealkylation sites (N-methyl/N-ethyl adjacent to an activating group) is 1. The Morgan fingerprint density at radius 3 is 2.64 bits per heavy atom. The molecule has 7 heteroatoms. The highest BCUT2D eigenvalue weighted by Crippen LogP contribution is 2.28. The van der Waals surface area contributed by atoms with Crippen LogP contribution in [-0.4, -0.2) is 62.7 Å². The minimum absolute atomic E-state index is 0.179. The topological polar surface area (TPSA) is 69.2 Å². The summed E-state index contributed by atoms with van der Waals surface area (Å²) in [5.41, 5.74) is 6.00. The van der Waals surface area contributed by atoms with E-state index in [4.69, 9.17) is 27.4 Å². The van der Waals surface area contributed by atoms with Crippen molar-refractivity contribution in [1.82, 2.24) is 4.90 Å². The predicted molar refractivity (Wildman–Crippen MR) is 87.6 cm³/mol. The van der Waals surface area contributed by atoms with Crippen LogP contribution in [-0.2, 0) is 4.79 Å². The minimum atomic E-state index is -0.526. The highest BCUT2D eigenvalue weighted by Gasteiger charge is 2.20. The van der Waals surface area contributed by atoms with Crippen molar-refractivity contribution in [3.8, 4) is 11.5 Å². The molecule has 0 aliphatic carbocycles. The van der Waals surface area contributed by atoms with Gasteiger partial charge in [-0.2, -0.15) is 0 Å². The molecule has 1 amide bonds. The Labute approximate surface area is 135 Å². The molecule has 1 aromatic rings. The monoisotopic (exact) mass is 324 g/mol. The molecular weight excluding hydrogens is 302 g/mol. The zero-order valence-electron chi connectivity index (χ0n) is 12.9. The molecule has 0 atom stereocenters. The number of primary amides is 1. The first-order valence-electron chi connectivity index (χ1n) is 7.21. The van der Waals surface area contributed by atoms with E-state index in [0.29, 0.717) is 11.5 Å². The Balaban J connectivity index is 2.11. The quantitative estimate of drug-likeness (QED) is 0.685. The molecule has 22 heavy (non-hydrogen) atoms. The molecular formula is C15H22N3O3S+. The largest absolute Gasteiger partial charge is 0.493 e. The first kappa shape index (κ1) is 16.5. The predicted octanol–water partition coefficient (Wildman–Crippen LogP) is -0.935. The van der Waals surface area contributed by atoms with Crippen molar-refractivity contribution in [1.29, 1.82) is 0 Å². The second-order valence-corrected chi connectivity index (χ2v) is 5.76. The van der Waals surface area contributed by atoms with Gasteiger partial charge in [-0.25, -0.2) is 0 Å². The van der Waals surface area contributed by atoms with Gasteiger partial charge in [0, 0.05) is 5.56 Å². The van der Waals surface area contributed by atoms with Crippen molar-refractivity contribution in [2.75, 3.05) is 46.9 Å². The van der Waals surface area contributed by atoms with Crippen LogP contribution in [0, 0.1) is 0 Å². The van der Waals surface area contributed by atoms with E-state index in [2.05, 4.69) is 11.9 Å². The number of carbonyl (C=O) groups is 1. The van der Waals surface area contributed by atoms with Gasteiger partial charge in [0.1, 0.15) is 4.99 Å². The third kappa shape index (κ3) is 4.08. The van der Waals surface area contributed by atoms with E-state index < -0.39 is 5.91 Å². The summed E-state index contributed by atoms with van der Waals surface area (Å²) in [4.78, 5) is 15.3. The van der Waals surface area contributed by atoms with Gasteiger partial charge in [0.15, 0.2) is 18.1 Å². The van der Waals surface area contributed by atoms with Gasteiger partial charge in [0.2, 0.25) is 0 Å². The summed E-state index contributed by atoms with van der Waals surface area (Å²) < 4.78 is 10.6. The number of hydrogen-bond donors (Lipinski definition) is 2. The summed E-state index contributed by atoms with van der Waals surface area (Å²) in [5, 5.41) is 0. The van der Waals surface area contributed by atoms with Crippen LogP contribution in [0.3, 0.4) is 0 Å². The number of hydrogen-bond acceptors (Lipinski definition) is 4. The highest BCUT2D eigenvalue weighted by molar-refractivity contribution is 7.80. The standard InChI is InChI=1S/C15H21N3O3S/c1-17-5-7-18(8-6-17)15(22)11-3-4-12(13(9-11)20-2)21-10-14(16)19/h3-4,9H,5-8,10H2,1-2H3,(H2,16,19)/p+1. The summed E-state index contributed by atoms with van der Waals surface area (Å²) in [6.07, 6.45) is 0. The Morgan fingerprint density at radius 2 is 2.05 bits per heavy atom. The van der Waals surface area contributed by atoms with Crippen LogP contribution in [0.1, 0.15) is 5.56 Å².